The van der Waals surface area contributed by atoms with Crippen LogP contribution in [0.2, 0.25) is 10.0 Å². The van der Waals surface area contributed by atoms with Crippen molar-refractivity contribution in [1.29, 1.82) is 0 Å². The fraction of sp³-hybridized carbons (Fsp3) is 0.167. The summed E-state index contributed by atoms with van der Waals surface area (Å²) >= 11 is 12.1. The first-order valence-corrected chi connectivity index (χ1v) is 20.8. The summed E-state index contributed by atoms with van der Waals surface area (Å²) in [5.41, 5.74) is 1.40. The molecular formula is C36H29Cl2F3N8O8S2. The van der Waals surface area contributed by atoms with Crippen LogP contribution in [-0.4, -0.2) is 48.9 Å². The number of nitrogens with two attached hydrogens (primary N) is 2. The number of carbonyl (C=O) groups is 2. The number of amides is 2. The zero-order valence-corrected chi connectivity index (χ0v) is 33.0. The smallest absolute Gasteiger partial charge is 0.339 e. The van der Waals surface area contributed by atoms with Crippen LogP contribution in [0, 0.1) is 0 Å². The summed E-state index contributed by atoms with van der Waals surface area (Å²) in [6.07, 6.45) is -2.98. The van der Waals surface area contributed by atoms with Crippen LogP contribution in [0.15, 0.2) is 104 Å². The van der Waals surface area contributed by atoms with Gasteiger partial charge >= 0.3 is 6.18 Å². The second-order valence-electron chi connectivity index (χ2n) is 12.8. The molecule has 0 radical (unpaired) electrons. The number of rotatable bonds is 11. The average Bonchev–Trinajstić information content (AvgIpc) is 3.65. The number of benzene rings is 4. The predicted molar refractivity (Wildman–Crippen MR) is 207 cm³/mol. The molecule has 2 heterocycles. The molecule has 0 atom stereocenters. The first-order valence-electron chi connectivity index (χ1n) is 16.9. The van der Waals surface area contributed by atoms with Gasteiger partial charge in [0.1, 0.15) is 0 Å². The molecule has 0 spiro atoms. The summed E-state index contributed by atoms with van der Waals surface area (Å²) in [5, 5.41) is 23.2. The van der Waals surface area contributed by atoms with Gasteiger partial charge in [-0.15, -0.1) is 0 Å². The maximum Gasteiger partial charge on any atom is 0.455 e. The topological polar surface area (TPSA) is 256 Å². The van der Waals surface area contributed by atoms with E-state index in [-0.39, 0.29) is 57.9 Å². The van der Waals surface area contributed by atoms with Gasteiger partial charge in [-0.1, -0.05) is 69.9 Å². The summed E-state index contributed by atoms with van der Waals surface area (Å²) in [4.78, 5) is 31.2. The minimum absolute atomic E-state index is 0.0374. The molecule has 1 aliphatic rings. The summed E-state index contributed by atoms with van der Waals surface area (Å²) in [5.74, 6) is -2.26. The Bertz CT molecular complexity index is 2780. The van der Waals surface area contributed by atoms with Gasteiger partial charge in [-0.25, -0.2) is 27.1 Å². The summed E-state index contributed by atoms with van der Waals surface area (Å²) in [6.45, 7) is 0. The van der Waals surface area contributed by atoms with E-state index >= 15 is 0 Å². The molecule has 0 aliphatic heterocycles. The highest BCUT2D eigenvalue weighted by atomic mass is 35.5. The van der Waals surface area contributed by atoms with E-state index < -0.39 is 48.7 Å². The summed E-state index contributed by atoms with van der Waals surface area (Å²) in [7, 11) is -8.51. The first kappa shape index (κ1) is 42.9. The molecule has 6 N–H and O–H groups in total. The third kappa shape index (κ3) is 11.1. The highest BCUT2D eigenvalue weighted by Gasteiger charge is 2.38. The number of carbonyl (C=O) groups excluding carboxylic acids is 2. The molecule has 2 aromatic heterocycles. The first-order chi connectivity index (χ1) is 27.8. The van der Waals surface area contributed by atoms with E-state index in [2.05, 4.69) is 35.4 Å². The van der Waals surface area contributed by atoms with E-state index in [9.17, 15) is 39.6 Å². The number of hydrogen-bond donors (Lipinski definition) is 4. The molecular weight excluding hydrogens is 864 g/mol. The largest absolute Gasteiger partial charge is 0.455 e. The maximum absolute atomic E-state index is 12.7. The number of anilines is 2. The average molecular weight is 894 g/mol. The van der Waals surface area contributed by atoms with E-state index in [1.165, 1.54) is 18.2 Å². The van der Waals surface area contributed by atoms with Crippen LogP contribution < -0.4 is 20.9 Å². The molecule has 6 aromatic rings. The molecule has 0 saturated heterocycles. The van der Waals surface area contributed by atoms with Crippen LogP contribution in [0.4, 0.5) is 24.5 Å². The van der Waals surface area contributed by atoms with Crippen molar-refractivity contribution in [2.45, 2.75) is 47.6 Å². The normalized spacial score (nSPS) is 13.0. The Labute approximate surface area is 343 Å². The summed E-state index contributed by atoms with van der Waals surface area (Å²) < 4.78 is 95.9. The number of hydrogen-bond acceptors (Lipinski definition) is 12. The Morgan fingerprint density at radius 1 is 0.712 bits per heavy atom. The fourth-order valence-corrected chi connectivity index (χ4v) is 7.28. The molecule has 59 heavy (non-hydrogen) atoms. The molecule has 23 heteroatoms. The van der Waals surface area contributed by atoms with Crippen molar-refractivity contribution in [2.24, 2.45) is 10.3 Å². The van der Waals surface area contributed by atoms with E-state index in [1.54, 1.807) is 54.6 Å². The van der Waals surface area contributed by atoms with Gasteiger partial charge in [-0.05, 0) is 72.5 Å². The van der Waals surface area contributed by atoms with Crippen LogP contribution in [0.25, 0.3) is 22.8 Å². The number of aromatic nitrogens is 4. The monoisotopic (exact) mass is 892 g/mol. The van der Waals surface area contributed by atoms with Crippen molar-refractivity contribution >= 4 is 66.4 Å². The Hall–Kier alpha value is -5.71. The number of alkyl halides is 3. The van der Waals surface area contributed by atoms with Gasteiger partial charge in [0.05, 0.1) is 28.2 Å². The van der Waals surface area contributed by atoms with E-state index in [0.717, 1.165) is 25.0 Å². The molecule has 4 aromatic carbocycles. The molecule has 16 nitrogen and oxygen atoms in total. The Kier molecular flexibility index (Phi) is 12.5. The number of halogens is 5. The molecule has 1 fully saturated rings. The highest BCUT2D eigenvalue weighted by molar-refractivity contribution is 7.89. The van der Waals surface area contributed by atoms with Gasteiger partial charge in [0, 0.05) is 32.9 Å². The number of nitrogens with one attached hydrogen (secondary N) is 2. The molecule has 1 aliphatic carbocycles. The third-order valence-corrected chi connectivity index (χ3v) is 10.9. The number of sulfonamides is 2. The van der Waals surface area contributed by atoms with E-state index in [4.69, 9.17) is 38.0 Å². The summed E-state index contributed by atoms with van der Waals surface area (Å²) in [6, 6.07) is 21.3. The Morgan fingerprint density at radius 2 is 1.20 bits per heavy atom. The van der Waals surface area contributed by atoms with Crippen LogP contribution in [0.3, 0.4) is 0 Å². The SMILES string of the molecule is NS(=O)(=O)c1cc(NC(=O)Cc2ccccc2Cl)ccc1-c1nc(C(F)(F)F)no1.NS(=O)(=O)c1cc(NC(=O)Cc2ccccc2Cl)ccc1-c1noc(C2CC2)n1. The Balaban J connectivity index is 0.000000198. The molecule has 7 rings (SSSR count). The van der Waals surface area contributed by atoms with Crippen molar-refractivity contribution in [1.82, 2.24) is 20.3 Å². The fourth-order valence-electron chi connectivity index (χ4n) is 5.36. The second kappa shape index (κ2) is 17.3. The van der Waals surface area contributed by atoms with Crippen LogP contribution in [0.1, 0.15) is 41.6 Å². The van der Waals surface area contributed by atoms with E-state index in [0.29, 0.717) is 27.1 Å². The third-order valence-electron chi connectivity index (χ3n) is 8.28. The van der Waals surface area contributed by atoms with Crippen LogP contribution in [0.5, 0.6) is 0 Å². The molecule has 308 valence electrons. The van der Waals surface area contributed by atoms with Crippen molar-refractivity contribution in [3.05, 3.63) is 118 Å². The lowest BCUT2D eigenvalue weighted by Crippen LogP contribution is -2.17. The minimum atomic E-state index is -4.88. The lowest BCUT2D eigenvalue weighted by molar-refractivity contribution is -0.146. The molecule has 2 amide bonds. The standard InChI is InChI=1S/C19H17ClN4O4S.C17H12ClF3N4O4S/c20-15-4-2-1-3-12(15)9-17(25)22-13-7-8-14(16(10-13)29(21,26)27)18-23-19(28-24-18)11-5-6-11;18-12-4-2-1-3-9(12)7-14(26)23-10-5-6-11(13(8-10)30(22,27)28)15-24-16(25-29-15)17(19,20)21/h1-4,7-8,10-11H,5-6,9H2,(H,22,25)(H2,21,26,27);1-6,8H,7H2,(H,23,26)(H2,22,27,28). The number of nitrogens with zero attached hydrogens (tertiary/aromatic N) is 4. The molecule has 1 saturated carbocycles. The van der Waals surface area contributed by atoms with Crippen molar-refractivity contribution < 1.29 is 48.6 Å². The molecule has 0 unspecified atom stereocenters. The quantitative estimate of drug-likeness (QED) is 0.111. The van der Waals surface area contributed by atoms with Gasteiger partial charge in [0.15, 0.2) is 0 Å². The Morgan fingerprint density at radius 3 is 1.66 bits per heavy atom. The number of primary sulfonamides is 2. The van der Waals surface area contributed by atoms with Gasteiger partial charge in [-0.3, -0.25) is 9.59 Å². The lowest BCUT2D eigenvalue weighted by Gasteiger charge is -2.10. The van der Waals surface area contributed by atoms with Crippen molar-refractivity contribution in [3.63, 3.8) is 0 Å². The zero-order chi connectivity index (χ0) is 42.7. The van der Waals surface area contributed by atoms with Crippen molar-refractivity contribution in [3.8, 4) is 22.8 Å². The maximum atomic E-state index is 12.7. The van der Waals surface area contributed by atoms with Gasteiger partial charge in [-0.2, -0.15) is 23.1 Å². The van der Waals surface area contributed by atoms with Gasteiger partial charge in [0.2, 0.25) is 43.6 Å². The predicted octanol–water partition coefficient (Wildman–Crippen LogP) is 6.33. The highest BCUT2D eigenvalue weighted by Crippen LogP contribution is 2.40. The van der Waals surface area contributed by atoms with Crippen LogP contribution in [-0.2, 0) is 48.7 Å². The lowest BCUT2D eigenvalue weighted by atomic mass is 10.1. The molecule has 0 bridgehead atoms. The second-order valence-corrected chi connectivity index (χ2v) is 16.7. The van der Waals surface area contributed by atoms with E-state index in [1.807, 2.05) is 0 Å². The van der Waals surface area contributed by atoms with Gasteiger partial charge < -0.3 is 19.7 Å². The van der Waals surface area contributed by atoms with Gasteiger partial charge in [0.25, 0.3) is 11.7 Å². The van der Waals surface area contributed by atoms with Crippen LogP contribution >= 0.6 is 23.2 Å². The minimum Gasteiger partial charge on any atom is -0.339 e. The van der Waals surface area contributed by atoms with Crippen molar-refractivity contribution in [2.75, 3.05) is 10.6 Å². The zero-order valence-electron chi connectivity index (χ0n) is 29.9.